The first-order valence-electron chi connectivity index (χ1n) is 10.0. The third-order valence-corrected chi connectivity index (χ3v) is 5.91. The largest absolute Gasteiger partial charge is 0.508 e. The number of halogens is 2. The van der Waals surface area contributed by atoms with Crippen molar-refractivity contribution < 1.29 is 24.2 Å². The van der Waals surface area contributed by atoms with Crippen LogP contribution in [0.2, 0.25) is 10.0 Å². The van der Waals surface area contributed by atoms with Gasteiger partial charge in [0.25, 0.3) is 0 Å². The van der Waals surface area contributed by atoms with Crippen LogP contribution in [0.4, 0.5) is 0 Å². The van der Waals surface area contributed by atoms with Crippen LogP contribution in [0, 0.1) is 0 Å². The maximum atomic E-state index is 12.2. The SMILES string of the molecule is O=C(O)c1ccccc1-c1c2cc(Cl)c(=O)cc-2oc2cc(Oc3ccc(O)cc3)c(Cl)cc12. The second-order valence-electron chi connectivity index (χ2n) is 7.48. The summed E-state index contributed by atoms with van der Waals surface area (Å²) in [6.45, 7) is 0. The summed E-state index contributed by atoms with van der Waals surface area (Å²) in [4.78, 5) is 24.2. The first-order valence-corrected chi connectivity index (χ1v) is 10.8. The third-order valence-electron chi connectivity index (χ3n) is 5.32. The summed E-state index contributed by atoms with van der Waals surface area (Å²) in [5.41, 5.74) is 1.35. The van der Waals surface area contributed by atoms with E-state index in [4.69, 9.17) is 32.4 Å². The minimum Gasteiger partial charge on any atom is -0.508 e. The molecule has 0 radical (unpaired) electrons. The lowest BCUT2D eigenvalue weighted by molar-refractivity contribution is 0.0697. The van der Waals surface area contributed by atoms with E-state index in [9.17, 15) is 19.8 Å². The molecule has 0 unspecified atom stereocenters. The predicted molar refractivity (Wildman–Crippen MR) is 130 cm³/mol. The molecule has 1 heterocycles. The smallest absolute Gasteiger partial charge is 0.336 e. The summed E-state index contributed by atoms with van der Waals surface area (Å²) in [6, 6.07) is 18.5. The van der Waals surface area contributed by atoms with Gasteiger partial charge in [-0.25, -0.2) is 4.79 Å². The number of phenolic OH excluding ortho intramolecular Hbond substituents is 1. The zero-order valence-electron chi connectivity index (χ0n) is 17.2. The van der Waals surface area contributed by atoms with Crippen LogP contribution in [0.3, 0.4) is 0 Å². The number of aromatic carboxylic acids is 1. The van der Waals surface area contributed by atoms with Crippen molar-refractivity contribution in [1.29, 1.82) is 0 Å². The van der Waals surface area contributed by atoms with Gasteiger partial charge in [-0.3, -0.25) is 4.79 Å². The number of ether oxygens (including phenoxy) is 1. The molecule has 2 N–H and O–H groups in total. The van der Waals surface area contributed by atoms with E-state index in [-0.39, 0.29) is 32.9 Å². The lowest BCUT2D eigenvalue weighted by Gasteiger charge is -2.18. The van der Waals surface area contributed by atoms with Crippen LogP contribution in [0.1, 0.15) is 10.4 Å². The lowest BCUT2D eigenvalue weighted by atomic mass is 9.91. The Bertz CT molecular complexity index is 1610. The molecule has 0 saturated heterocycles. The molecule has 0 bridgehead atoms. The van der Waals surface area contributed by atoms with Crippen LogP contribution in [-0.2, 0) is 0 Å². The number of benzene rings is 4. The first-order chi connectivity index (χ1) is 16.3. The Morgan fingerprint density at radius 1 is 0.882 bits per heavy atom. The molecule has 8 heteroatoms. The highest BCUT2D eigenvalue weighted by atomic mass is 35.5. The molecule has 5 rings (SSSR count). The summed E-state index contributed by atoms with van der Waals surface area (Å²) in [7, 11) is 0. The van der Waals surface area contributed by atoms with Gasteiger partial charge in [0.15, 0.2) is 0 Å². The fourth-order valence-corrected chi connectivity index (χ4v) is 4.16. The maximum absolute atomic E-state index is 12.2. The van der Waals surface area contributed by atoms with Crippen LogP contribution in [0.25, 0.3) is 33.4 Å². The second-order valence-corrected chi connectivity index (χ2v) is 8.30. The first kappa shape index (κ1) is 21.8. The summed E-state index contributed by atoms with van der Waals surface area (Å²) < 4.78 is 11.9. The molecule has 1 aliphatic heterocycles. The van der Waals surface area contributed by atoms with Crippen molar-refractivity contribution in [3.05, 3.63) is 98.6 Å². The van der Waals surface area contributed by atoms with E-state index in [1.54, 1.807) is 42.5 Å². The van der Waals surface area contributed by atoms with Gasteiger partial charge >= 0.3 is 5.97 Å². The Hall–Kier alpha value is -4.00. The number of aromatic hydroxyl groups is 1. The molecule has 34 heavy (non-hydrogen) atoms. The number of rotatable bonds is 4. The van der Waals surface area contributed by atoms with E-state index in [1.807, 2.05) is 0 Å². The van der Waals surface area contributed by atoms with Crippen molar-refractivity contribution in [3.63, 3.8) is 0 Å². The molecule has 3 aromatic carbocycles. The van der Waals surface area contributed by atoms with Crippen molar-refractivity contribution in [2.24, 2.45) is 0 Å². The minimum atomic E-state index is -1.11. The third kappa shape index (κ3) is 3.83. The maximum Gasteiger partial charge on any atom is 0.336 e. The molecule has 0 spiro atoms. The number of fused-ring (bicyclic) bond motifs is 2. The van der Waals surface area contributed by atoms with Crippen LogP contribution in [0.5, 0.6) is 17.2 Å². The van der Waals surface area contributed by atoms with Gasteiger partial charge in [0.05, 0.1) is 15.6 Å². The molecule has 6 nitrogen and oxygen atoms in total. The van der Waals surface area contributed by atoms with E-state index < -0.39 is 11.4 Å². The molecule has 2 aliphatic rings. The van der Waals surface area contributed by atoms with Crippen molar-refractivity contribution in [2.75, 3.05) is 0 Å². The van der Waals surface area contributed by atoms with Crippen molar-refractivity contribution in [1.82, 2.24) is 0 Å². The molecular formula is C26H14Cl2O6. The number of carboxylic acid groups (broad SMARTS) is 1. The van der Waals surface area contributed by atoms with E-state index in [0.717, 1.165) is 0 Å². The van der Waals surface area contributed by atoms with E-state index in [1.165, 1.54) is 30.3 Å². The minimum absolute atomic E-state index is 0.0190. The Morgan fingerprint density at radius 3 is 2.35 bits per heavy atom. The Kier molecular flexibility index (Phi) is 5.40. The van der Waals surface area contributed by atoms with Gasteiger partial charge in [-0.05, 0) is 48.0 Å². The summed E-state index contributed by atoms with van der Waals surface area (Å²) in [5.74, 6) is -0.0773. The Balaban J connectivity index is 1.83. The average molecular weight is 493 g/mol. The predicted octanol–water partition coefficient (Wildman–Crippen LogP) is 7.07. The quantitative estimate of drug-likeness (QED) is 0.260. The molecule has 0 atom stereocenters. The standard InChI is InChI=1S/C26H14Cl2O6/c27-19-9-17-22(11-21(19)30)34-23-12-24(33-14-7-5-13(29)6-8-14)20(28)10-18(23)25(17)15-3-1-2-4-16(15)26(31)32/h1-12,29H,(H,31,32). The molecule has 0 amide bonds. The second kappa shape index (κ2) is 8.41. The van der Waals surface area contributed by atoms with Crippen LogP contribution >= 0.6 is 23.2 Å². The number of hydrogen-bond donors (Lipinski definition) is 2. The zero-order valence-corrected chi connectivity index (χ0v) is 18.7. The van der Waals surface area contributed by atoms with Gasteiger partial charge < -0.3 is 19.4 Å². The van der Waals surface area contributed by atoms with Crippen molar-refractivity contribution in [3.8, 4) is 39.7 Å². The highest BCUT2D eigenvalue weighted by Crippen LogP contribution is 2.45. The molecule has 168 valence electrons. The van der Waals surface area contributed by atoms with Gasteiger partial charge in [0.2, 0.25) is 5.43 Å². The highest BCUT2D eigenvalue weighted by molar-refractivity contribution is 6.33. The topological polar surface area (TPSA) is 97.0 Å². The molecule has 0 aromatic heterocycles. The Labute approximate surface area is 202 Å². The summed E-state index contributed by atoms with van der Waals surface area (Å²) in [6.07, 6.45) is 0. The fourth-order valence-electron chi connectivity index (χ4n) is 3.79. The van der Waals surface area contributed by atoms with Gasteiger partial charge in [0, 0.05) is 28.6 Å². The van der Waals surface area contributed by atoms with Crippen molar-refractivity contribution in [2.45, 2.75) is 0 Å². The van der Waals surface area contributed by atoms with E-state index in [2.05, 4.69) is 0 Å². The summed E-state index contributed by atoms with van der Waals surface area (Å²) >= 11 is 12.7. The molecule has 0 fully saturated rings. The number of carboxylic acids is 1. The normalized spacial score (nSPS) is 11.1. The number of hydrogen-bond acceptors (Lipinski definition) is 5. The number of phenols is 1. The van der Waals surface area contributed by atoms with E-state index >= 15 is 0 Å². The summed E-state index contributed by atoms with van der Waals surface area (Å²) in [5, 5.41) is 20.0. The van der Waals surface area contributed by atoms with Crippen molar-refractivity contribution >= 4 is 40.1 Å². The van der Waals surface area contributed by atoms with E-state index in [0.29, 0.717) is 33.4 Å². The highest BCUT2D eigenvalue weighted by Gasteiger charge is 2.23. The lowest BCUT2D eigenvalue weighted by Crippen LogP contribution is -2.04. The van der Waals surface area contributed by atoms with Crippen LogP contribution < -0.4 is 10.2 Å². The van der Waals surface area contributed by atoms with Gasteiger partial charge in [-0.2, -0.15) is 0 Å². The monoisotopic (exact) mass is 492 g/mol. The van der Waals surface area contributed by atoms with Crippen LogP contribution in [-0.4, -0.2) is 16.2 Å². The molecule has 0 saturated carbocycles. The molecule has 1 aliphatic carbocycles. The van der Waals surface area contributed by atoms with Gasteiger partial charge in [-0.1, -0.05) is 41.4 Å². The zero-order chi connectivity index (χ0) is 24.0. The van der Waals surface area contributed by atoms with Gasteiger partial charge in [0.1, 0.15) is 28.6 Å². The average Bonchev–Trinajstić information content (AvgIpc) is 2.81. The van der Waals surface area contributed by atoms with Crippen LogP contribution in [0.15, 0.2) is 82.0 Å². The van der Waals surface area contributed by atoms with Gasteiger partial charge in [-0.15, -0.1) is 0 Å². The molecular weight excluding hydrogens is 479 g/mol. The Morgan fingerprint density at radius 2 is 1.62 bits per heavy atom. The molecule has 3 aromatic rings. The fraction of sp³-hybridized carbons (Fsp3) is 0. The number of carbonyl (C=O) groups is 1.